The van der Waals surface area contributed by atoms with Crippen LogP contribution >= 0.6 is 11.8 Å². The summed E-state index contributed by atoms with van der Waals surface area (Å²) in [4.78, 5) is 28.4. The van der Waals surface area contributed by atoms with Crippen molar-refractivity contribution < 1.29 is 14.3 Å². The van der Waals surface area contributed by atoms with E-state index in [1.807, 2.05) is 29.2 Å². The number of urea groups is 1. The van der Waals surface area contributed by atoms with Gasteiger partial charge in [0.15, 0.2) is 0 Å². The lowest BCUT2D eigenvalue weighted by Gasteiger charge is -2.28. The largest absolute Gasteiger partial charge is 0.495 e. The number of para-hydroxylation sites is 2. The number of hydrogen-bond donors (Lipinski definition) is 1. The molecule has 1 atom stereocenters. The van der Waals surface area contributed by atoms with Gasteiger partial charge in [-0.15, -0.1) is 11.8 Å². The van der Waals surface area contributed by atoms with Crippen LogP contribution in [0.3, 0.4) is 0 Å². The first-order valence-corrected chi connectivity index (χ1v) is 10.2. The number of anilines is 1. The minimum absolute atomic E-state index is 0.000575. The second kappa shape index (κ2) is 9.01. The molecule has 1 N–H and O–H groups in total. The van der Waals surface area contributed by atoms with E-state index in [1.165, 1.54) is 5.56 Å². The highest BCUT2D eigenvalue weighted by atomic mass is 32.2. The van der Waals surface area contributed by atoms with E-state index in [-0.39, 0.29) is 17.3 Å². The number of carbonyl (C=O) groups is 2. The first-order chi connectivity index (χ1) is 13.5. The summed E-state index contributed by atoms with van der Waals surface area (Å²) in [6.07, 6.45) is 0. The summed E-state index contributed by atoms with van der Waals surface area (Å²) >= 11 is 1.63. The summed E-state index contributed by atoms with van der Waals surface area (Å²) in [5, 5.41) is 2.85. The van der Waals surface area contributed by atoms with Gasteiger partial charge >= 0.3 is 6.03 Å². The van der Waals surface area contributed by atoms with Crippen LogP contribution in [-0.4, -0.2) is 54.7 Å². The van der Waals surface area contributed by atoms with Crippen LogP contribution in [-0.2, 0) is 4.79 Å². The topological polar surface area (TPSA) is 61.9 Å². The fourth-order valence-corrected chi connectivity index (χ4v) is 4.45. The summed E-state index contributed by atoms with van der Waals surface area (Å²) in [6, 6.07) is 15.2. The summed E-state index contributed by atoms with van der Waals surface area (Å²) < 4.78 is 5.27. The second-order valence-electron chi connectivity index (χ2n) is 6.66. The van der Waals surface area contributed by atoms with Gasteiger partial charge in [-0.2, -0.15) is 0 Å². The average Bonchev–Trinajstić information content (AvgIpc) is 3.07. The fraction of sp³-hybridized carbons (Fsp3) is 0.333. The van der Waals surface area contributed by atoms with Gasteiger partial charge in [0, 0.05) is 20.1 Å². The number of ether oxygens (including phenoxy) is 1. The number of hydrogen-bond acceptors (Lipinski definition) is 4. The van der Waals surface area contributed by atoms with Crippen LogP contribution in [0.1, 0.15) is 16.5 Å². The number of nitrogens with zero attached hydrogens (tertiary/aromatic N) is 2. The van der Waals surface area contributed by atoms with Gasteiger partial charge in [-0.3, -0.25) is 4.79 Å². The standard InChI is InChI=1S/C21H25N3O3S/c1-15-8-4-5-9-16(15)20-24(19(25)14-28-20)13-12-23(2)21(26)22-17-10-6-7-11-18(17)27-3/h4-11,20H,12-14H2,1-3H3,(H,22,26). The summed E-state index contributed by atoms with van der Waals surface area (Å²) in [5.74, 6) is 1.18. The maximum absolute atomic E-state index is 12.5. The number of rotatable bonds is 6. The third-order valence-corrected chi connectivity index (χ3v) is 6.03. The minimum atomic E-state index is -0.240. The van der Waals surface area contributed by atoms with E-state index in [4.69, 9.17) is 4.74 Å². The molecular formula is C21H25N3O3S. The zero-order valence-electron chi connectivity index (χ0n) is 16.3. The van der Waals surface area contributed by atoms with Gasteiger partial charge in [0.05, 0.1) is 18.6 Å². The summed E-state index contributed by atoms with van der Waals surface area (Å²) in [7, 11) is 3.29. The van der Waals surface area contributed by atoms with E-state index >= 15 is 0 Å². The molecule has 0 aromatic heterocycles. The third kappa shape index (κ3) is 4.42. The van der Waals surface area contributed by atoms with Crippen molar-refractivity contribution >= 4 is 29.4 Å². The molecule has 7 heteroatoms. The zero-order chi connectivity index (χ0) is 20.1. The highest BCUT2D eigenvalue weighted by Crippen LogP contribution is 2.39. The number of aryl methyl sites for hydroxylation is 1. The monoisotopic (exact) mass is 399 g/mol. The van der Waals surface area contributed by atoms with Crippen molar-refractivity contribution in [2.24, 2.45) is 0 Å². The molecule has 3 amide bonds. The molecule has 28 heavy (non-hydrogen) atoms. The molecule has 1 fully saturated rings. The Morgan fingerprint density at radius 2 is 1.96 bits per heavy atom. The lowest BCUT2D eigenvalue weighted by molar-refractivity contribution is -0.128. The number of methoxy groups -OCH3 is 1. The van der Waals surface area contributed by atoms with Gasteiger partial charge in [0.1, 0.15) is 11.1 Å². The highest BCUT2D eigenvalue weighted by molar-refractivity contribution is 8.00. The maximum atomic E-state index is 12.5. The van der Waals surface area contributed by atoms with Gasteiger partial charge in [0.25, 0.3) is 0 Å². The van der Waals surface area contributed by atoms with Gasteiger partial charge in [-0.1, -0.05) is 36.4 Å². The molecule has 2 aromatic carbocycles. The van der Waals surface area contributed by atoms with Crippen LogP contribution in [0.4, 0.5) is 10.5 Å². The Labute approximate surface area is 169 Å². The van der Waals surface area contributed by atoms with Crippen LogP contribution in [0, 0.1) is 6.92 Å². The Bertz CT molecular complexity index is 858. The maximum Gasteiger partial charge on any atom is 0.321 e. The Balaban J connectivity index is 1.62. The minimum Gasteiger partial charge on any atom is -0.495 e. The molecule has 6 nitrogen and oxygen atoms in total. The van der Waals surface area contributed by atoms with Crippen LogP contribution in [0.15, 0.2) is 48.5 Å². The molecule has 0 spiro atoms. The van der Waals surface area contributed by atoms with Crippen molar-refractivity contribution in [2.45, 2.75) is 12.3 Å². The first-order valence-electron chi connectivity index (χ1n) is 9.13. The van der Waals surface area contributed by atoms with Gasteiger partial charge in [0.2, 0.25) is 5.91 Å². The van der Waals surface area contributed by atoms with E-state index in [9.17, 15) is 9.59 Å². The molecule has 148 valence electrons. The van der Waals surface area contributed by atoms with E-state index in [2.05, 4.69) is 24.4 Å². The third-order valence-electron chi connectivity index (χ3n) is 4.79. The van der Waals surface area contributed by atoms with E-state index in [0.29, 0.717) is 30.3 Å². The normalized spacial score (nSPS) is 16.2. The molecule has 1 heterocycles. The number of thioether (sulfide) groups is 1. The molecule has 1 saturated heterocycles. The number of nitrogens with one attached hydrogen (secondary N) is 1. The van der Waals surface area contributed by atoms with Crippen LogP contribution < -0.4 is 10.1 Å². The van der Waals surface area contributed by atoms with Crippen LogP contribution in [0.2, 0.25) is 0 Å². The smallest absolute Gasteiger partial charge is 0.321 e. The quantitative estimate of drug-likeness (QED) is 0.804. The molecule has 0 radical (unpaired) electrons. The zero-order valence-corrected chi connectivity index (χ0v) is 17.2. The number of carbonyl (C=O) groups excluding carboxylic acids is 2. The van der Waals surface area contributed by atoms with Crippen molar-refractivity contribution in [2.75, 3.05) is 38.3 Å². The van der Waals surface area contributed by atoms with Gasteiger partial charge in [-0.25, -0.2) is 4.79 Å². The molecule has 0 saturated carbocycles. The molecular weight excluding hydrogens is 374 g/mol. The highest BCUT2D eigenvalue weighted by Gasteiger charge is 2.33. The fourth-order valence-electron chi connectivity index (χ4n) is 3.14. The molecule has 2 aromatic rings. The van der Waals surface area contributed by atoms with Crippen molar-refractivity contribution in [3.8, 4) is 5.75 Å². The van der Waals surface area contributed by atoms with Crippen molar-refractivity contribution in [3.05, 3.63) is 59.7 Å². The molecule has 1 unspecified atom stereocenters. The lowest BCUT2D eigenvalue weighted by Crippen LogP contribution is -2.40. The average molecular weight is 400 g/mol. The Hall–Kier alpha value is -2.67. The van der Waals surface area contributed by atoms with E-state index in [1.54, 1.807) is 43.0 Å². The van der Waals surface area contributed by atoms with Gasteiger partial charge in [-0.05, 0) is 30.2 Å². The number of benzene rings is 2. The summed E-state index contributed by atoms with van der Waals surface area (Å²) in [5.41, 5.74) is 2.94. The molecule has 1 aliphatic heterocycles. The first kappa shape index (κ1) is 20.1. The predicted octanol–water partition coefficient (Wildman–Crippen LogP) is 3.74. The van der Waals surface area contributed by atoms with E-state index < -0.39 is 0 Å². The van der Waals surface area contributed by atoms with Gasteiger partial charge < -0.3 is 19.9 Å². The molecule has 0 bridgehead atoms. The Kier molecular flexibility index (Phi) is 6.46. The Morgan fingerprint density at radius 3 is 2.71 bits per heavy atom. The molecule has 0 aliphatic carbocycles. The van der Waals surface area contributed by atoms with E-state index in [0.717, 1.165) is 5.56 Å². The SMILES string of the molecule is COc1ccccc1NC(=O)N(C)CCN1C(=O)CSC1c1ccccc1C. The lowest BCUT2D eigenvalue weighted by atomic mass is 10.1. The number of amides is 3. The molecule has 1 aliphatic rings. The van der Waals surface area contributed by atoms with Crippen molar-refractivity contribution in [3.63, 3.8) is 0 Å². The Morgan fingerprint density at radius 1 is 1.25 bits per heavy atom. The number of likely N-dealkylation sites (N-methyl/N-ethyl adjacent to an activating group) is 1. The molecule has 3 rings (SSSR count). The van der Waals surface area contributed by atoms with Crippen molar-refractivity contribution in [1.82, 2.24) is 9.80 Å². The predicted molar refractivity (Wildman–Crippen MR) is 113 cm³/mol. The van der Waals surface area contributed by atoms with Crippen molar-refractivity contribution in [1.29, 1.82) is 0 Å². The van der Waals surface area contributed by atoms with Crippen LogP contribution in [0.25, 0.3) is 0 Å². The second-order valence-corrected chi connectivity index (χ2v) is 7.73. The summed E-state index contributed by atoms with van der Waals surface area (Å²) in [6.45, 7) is 2.99. The van der Waals surface area contributed by atoms with Crippen LogP contribution in [0.5, 0.6) is 5.75 Å².